The molecule has 10 nitrogen and oxygen atoms in total. The van der Waals surface area contributed by atoms with Crippen LogP contribution in [0.1, 0.15) is 25.8 Å². The Balaban J connectivity index is 1.50. The van der Waals surface area contributed by atoms with E-state index >= 15 is 0 Å². The Kier molecular flexibility index (Phi) is 5.21. The van der Waals surface area contributed by atoms with E-state index in [4.69, 9.17) is 4.98 Å². The van der Waals surface area contributed by atoms with Gasteiger partial charge in [-0.05, 0) is 50.1 Å². The first-order valence-electron chi connectivity index (χ1n) is 11.8. The van der Waals surface area contributed by atoms with Crippen molar-refractivity contribution in [2.24, 2.45) is 0 Å². The van der Waals surface area contributed by atoms with Gasteiger partial charge in [-0.2, -0.15) is 5.10 Å². The zero-order valence-corrected chi connectivity index (χ0v) is 19.8. The molecule has 1 fully saturated rings. The third-order valence-electron chi connectivity index (χ3n) is 6.76. The van der Waals surface area contributed by atoms with Crippen LogP contribution in [0.2, 0.25) is 0 Å². The van der Waals surface area contributed by atoms with E-state index in [1.165, 1.54) is 6.20 Å². The number of nitrogens with zero attached hydrogens (tertiary/aromatic N) is 7. The van der Waals surface area contributed by atoms with Gasteiger partial charge in [-0.15, -0.1) is 0 Å². The highest BCUT2D eigenvalue weighted by molar-refractivity contribution is 6.01. The minimum atomic E-state index is -0.461. The van der Waals surface area contributed by atoms with Crippen molar-refractivity contribution >= 4 is 21.9 Å². The maximum Gasteiger partial charge on any atom is 0.329 e. The number of aromatic nitrogens is 7. The summed E-state index contributed by atoms with van der Waals surface area (Å²) in [5.41, 5.74) is 3.26. The van der Waals surface area contributed by atoms with Crippen molar-refractivity contribution in [2.75, 3.05) is 13.1 Å². The number of likely N-dealkylation sites (tertiary alicyclic amines) is 1. The summed E-state index contributed by atoms with van der Waals surface area (Å²) < 4.78 is 3.38. The van der Waals surface area contributed by atoms with Crippen molar-refractivity contribution in [3.05, 3.63) is 88.2 Å². The smallest absolute Gasteiger partial charge is 0.329 e. The van der Waals surface area contributed by atoms with Gasteiger partial charge in [0.1, 0.15) is 5.52 Å². The quantitative estimate of drug-likeness (QED) is 0.393. The second-order valence-corrected chi connectivity index (χ2v) is 9.02. The van der Waals surface area contributed by atoms with E-state index < -0.39 is 11.2 Å². The molecule has 5 aromatic heterocycles. The standard InChI is InChI=1S/C26H24N8O2/c1-16(2)32-12-8-18(9-13-32)34-24-19(25(35)31-26(34)36)15-27-21-6-5-20(30-23(21)24)17-4-7-22(28-14-17)33-11-3-10-29-33/h3-7,10-11,14-15,18H,1,8-9,12-13H2,2H3,(H,31,35,36). The Morgan fingerprint density at radius 2 is 1.92 bits per heavy atom. The molecule has 180 valence electrons. The molecule has 0 bridgehead atoms. The molecule has 0 atom stereocenters. The molecule has 1 saturated heterocycles. The van der Waals surface area contributed by atoms with Crippen LogP contribution < -0.4 is 11.2 Å². The number of aromatic amines is 1. The van der Waals surface area contributed by atoms with E-state index in [-0.39, 0.29) is 6.04 Å². The van der Waals surface area contributed by atoms with Crippen molar-refractivity contribution in [1.29, 1.82) is 0 Å². The average Bonchev–Trinajstić information content (AvgIpc) is 3.44. The summed E-state index contributed by atoms with van der Waals surface area (Å²) in [6, 6.07) is 9.28. The van der Waals surface area contributed by atoms with Crippen LogP contribution in [-0.2, 0) is 0 Å². The Hall–Kier alpha value is -4.60. The predicted molar refractivity (Wildman–Crippen MR) is 137 cm³/mol. The van der Waals surface area contributed by atoms with E-state index in [0.717, 1.165) is 37.2 Å². The lowest BCUT2D eigenvalue weighted by Crippen LogP contribution is -2.39. The molecule has 10 heteroatoms. The fourth-order valence-corrected chi connectivity index (χ4v) is 4.88. The van der Waals surface area contributed by atoms with E-state index in [2.05, 4.69) is 31.5 Å². The zero-order chi connectivity index (χ0) is 24.8. The first-order valence-corrected chi connectivity index (χ1v) is 11.8. The van der Waals surface area contributed by atoms with Crippen LogP contribution in [0.15, 0.2) is 77.0 Å². The van der Waals surface area contributed by atoms with Crippen LogP contribution in [-0.4, -0.2) is 52.3 Å². The summed E-state index contributed by atoms with van der Waals surface area (Å²) in [7, 11) is 0. The maximum absolute atomic E-state index is 13.1. The second-order valence-electron chi connectivity index (χ2n) is 9.02. The molecule has 0 aromatic carbocycles. The summed E-state index contributed by atoms with van der Waals surface area (Å²) in [6.07, 6.45) is 8.30. The molecule has 0 amide bonds. The molecule has 1 aliphatic heterocycles. The number of rotatable bonds is 4. The van der Waals surface area contributed by atoms with Gasteiger partial charge in [0.2, 0.25) is 0 Å². The van der Waals surface area contributed by atoms with Gasteiger partial charge in [0.25, 0.3) is 5.56 Å². The Labute approximate surface area is 205 Å². The normalized spacial score (nSPS) is 14.5. The fourth-order valence-electron chi connectivity index (χ4n) is 4.88. The molecule has 36 heavy (non-hydrogen) atoms. The number of fused-ring (bicyclic) bond motifs is 3. The highest BCUT2D eigenvalue weighted by Crippen LogP contribution is 2.29. The predicted octanol–water partition coefficient (Wildman–Crippen LogP) is 3.05. The van der Waals surface area contributed by atoms with E-state index in [9.17, 15) is 9.59 Å². The van der Waals surface area contributed by atoms with Gasteiger partial charge in [-0.1, -0.05) is 6.58 Å². The van der Waals surface area contributed by atoms with E-state index in [1.807, 2.05) is 43.5 Å². The van der Waals surface area contributed by atoms with Crippen LogP contribution in [0.4, 0.5) is 0 Å². The van der Waals surface area contributed by atoms with Gasteiger partial charge < -0.3 is 4.90 Å². The summed E-state index contributed by atoms with van der Waals surface area (Å²) >= 11 is 0. The van der Waals surface area contributed by atoms with Gasteiger partial charge in [0.15, 0.2) is 5.82 Å². The van der Waals surface area contributed by atoms with E-state index in [1.54, 1.807) is 21.6 Å². The van der Waals surface area contributed by atoms with Crippen molar-refractivity contribution < 1.29 is 0 Å². The lowest BCUT2D eigenvalue weighted by Gasteiger charge is -2.34. The van der Waals surface area contributed by atoms with Gasteiger partial charge in [0, 0.05) is 55.2 Å². The van der Waals surface area contributed by atoms with Crippen molar-refractivity contribution in [2.45, 2.75) is 25.8 Å². The number of piperidine rings is 1. The number of pyridine rings is 3. The lowest BCUT2D eigenvalue weighted by molar-refractivity contribution is 0.228. The summed E-state index contributed by atoms with van der Waals surface area (Å²) in [5.74, 6) is 0.693. The molecule has 1 N–H and O–H groups in total. The summed E-state index contributed by atoms with van der Waals surface area (Å²) in [4.78, 5) is 44.4. The first-order chi connectivity index (χ1) is 17.5. The molecule has 0 saturated carbocycles. The van der Waals surface area contributed by atoms with Crippen molar-refractivity contribution in [3.8, 4) is 17.1 Å². The van der Waals surface area contributed by atoms with Gasteiger partial charge >= 0.3 is 5.69 Å². The molecule has 6 heterocycles. The fraction of sp³-hybridized carbons (Fsp3) is 0.231. The van der Waals surface area contributed by atoms with Crippen molar-refractivity contribution in [1.82, 2.24) is 39.2 Å². The molecular formula is C26H24N8O2. The maximum atomic E-state index is 13.1. The minimum Gasteiger partial charge on any atom is -0.375 e. The minimum absolute atomic E-state index is 0.0708. The lowest BCUT2D eigenvalue weighted by atomic mass is 10.0. The largest absolute Gasteiger partial charge is 0.375 e. The molecule has 0 unspecified atom stereocenters. The topological polar surface area (TPSA) is 115 Å². The summed E-state index contributed by atoms with van der Waals surface area (Å²) in [5, 5.41) is 4.55. The third-order valence-corrected chi connectivity index (χ3v) is 6.76. The highest BCUT2D eigenvalue weighted by atomic mass is 16.2. The monoisotopic (exact) mass is 480 g/mol. The number of nitrogens with one attached hydrogen (secondary N) is 1. The highest BCUT2D eigenvalue weighted by Gasteiger charge is 2.25. The third kappa shape index (κ3) is 3.67. The van der Waals surface area contributed by atoms with Gasteiger partial charge in [-0.25, -0.2) is 19.4 Å². The molecular weight excluding hydrogens is 456 g/mol. The molecule has 6 rings (SSSR count). The van der Waals surface area contributed by atoms with Crippen LogP contribution in [0.3, 0.4) is 0 Å². The summed E-state index contributed by atoms with van der Waals surface area (Å²) in [6.45, 7) is 7.62. The average molecular weight is 481 g/mol. The Bertz CT molecular complexity index is 1710. The Morgan fingerprint density at radius 3 is 2.61 bits per heavy atom. The van der Waals surface area contributed by atoms with Crippen LogP contribution in [0.25, 0.3) is 39.0 Å². The SMILES string of the molecule is C=C(C)N1CCC(n2c(=O)[nH]c(=O)c3cnc4ccc(-c5ccc(-n6cccn6)nc5)nc4c32)CC1. The number of H-pyrrole nitrogens is 1. The molecule has 0 spiro atoms. The molecule has 5 aromatic rings. The number of allylic oxidation sites excluding steroid dienone is 1. The van der Waals surface area contributed by atoms with Crippen LogP contribution in [0.5, 0.6) is 0 Å². The number of hydrogen-bond donors (Lipinski definition) is 1. The van der Waals surface area contributed by atoms with Crippen LogP contribution >= 0.6 is 0 Å². The molecule has 0 aliphatic carbocycles. The zero-order valence-electron chi connectivity index (χ0n) is 19.8. The van der Waals surface area contributed by atoms with Gasteiger partial charge in [0.05, 0.1) is 22.1 Å². The number of hydrogen-bond acceptors (Lipinski definition) is 7. The second kappa shape index (κ2) is 8.56. The Morgan fingerprint density at radius 1 is 1.08 bits per heavy atom. The van der Waals surface area contributed by atoms with E-state index in [0.29, 0.717) is 33.4 Å². The van der Waals surface area contributed by atoms with Gasteiger partial charge in [-0.3, -0.25) is 19.3 Å². The molecule has 0 radical (unpaired) electrons. The van der Waals surface area contributed by atoms with Crippen LogP contribution in [0, 0.1) is 0 Å². The first kappa shape index (κ1) is 21.9. The van der Waals surface area contributed by atoms with Crippen molar-refractivity contribution in [3.63, 3.8) is 0 Å². The molecule has 1 aliphatic rings.